The van der Waals surface area contributed by atoms with Crippen molar-refractivity contribution in [1.82, 2.24) is 9.97 Å². The maximum atomic E-state index is 11.8. The largest absolute Gasteiger partial charge is 0.496 e. The summed E-state index contributed by atoms with van der Waals surface area (Å²) in [5.41, 5.74) is 7.63. The van der Waals surface area contributed by atoms with Crippen molar-refractivity contribution in [2.75, 3.05) is 18.2 Å². The minimum atomic E-state index is -1.08. The molecule has 1 aromatic carbocycles. The van der Waals surface area contributed by atoms with Gasteiger partial charge in [0.15, 0.2) is 0 Å². The summed E-state index contributed by atoms with van der Waals surface area (Å²) in [6.07, 6.45) is 2.80. The van der Waals surface area contributed by atoms with E-state index in [-0.39, 0.29) is 18.4 Å². The molecule has 0 spiro atoms. The molecular formula is C24H34N4O5. The summed E-state index contributed by atoms with van der Waals surface area (Å²) in [4.78, 5) is 31.8. The van der Waals surface area contributed by atoms with E-state index in [2.05, 4.69) is 15.3 Å². The van der Waals surface area contributed by atoms with E-state index in [1.807, 2.05) is 19.9 Å². The van der Waals surface area contributed by atoms with Crippen molar-refractivity contribution in [2.24, 2.45) is 0 Å². The number of hydrogen-bond acceptors (Lipinski definition) is 7. The van der Waals surface area contributed by atoms with Crippen LogP contribution in [0.1, 0.15) is 68.8 Å². The fraction of sp³-hybridized carbons (Fsp3) is 0.500. The van der Waals surface area contributed by atoms with Gasteiger partial charge in [-0.25, -0.2) is 4.98 Å². The number of anilines is 2. The van der Waals surface area contributed by atoms with Crippen LogP contribution >= 0.6 is 0 Å². The molecule has 9 nitrogen and oxygen atoms in total. The van der Waals surface area contributed by atoms with Crippen molar-refractivity contribution >= 4 is 23.7 Å². The van der Waals surface area contributed by atoms with E-state index in [0.717, 1.165) is 24.0 Å². The lowest BCUT2D eigenvalue weighted by molar-refractivity contribution is -0.142. The highest BCUT2D eigenvalue weighted by Gasteiger charge is 2.30. The Morgan fingerprint density at radius 1 is 1.24 bits per heavy atom. The van der Waals surface area contributed by atoms with Gasteiger partial charge in [0.1, 0.15) is 11.6 Å². The number of carboxylic acids is 2. The number of aliphatic carboxylic acids is 2. The Morgan fingerprint density at radius 2 is 1.94 bits per heavy atom. The van der Waals surface area contributed by atoms with Crippen LogP contribution in [-0.4, -0.2) is 45.3 Å². The molecule has 180 valence electrons. The number of benzene rings is 1. The first-order chi connectivity index (χ1) is 15.5. The Labute approximate surface area is 194 Å². The lowest BCUT2D eigenvalue weighted by Gasteiger charge is -2.23. The zero-order valence-corrected chi connectivity index (χ0v) is 19.9. The molecule has 0 aliphatic heterocycles. The van der Waals surface area contributed by atoms with Gasteiger partial charge >= 0.3 is 11.9 Å². The first-order valence-electron chi connectivity index (χ1n) is 11.0. The Bertz CT molecular complexity index is 1010. The maximum Gasteiger partial charge on any atom is 0.313 e. The van der Waals surface area contributed by atoms with Crippen molar-refractivity contribution in [1.29, 1.82) is 0 Å². The molecule has 0 saturated carbocycles. The minimum absolute atomic E-state index is 0.0476. The lowest BCUT2D eigenvalue weighted by Crippen LogP contribution is -2.28. The number of ether oxygens (including phenoxy) is 1. The zero-order valence-electron chi connectivity index (χ0n) is 19.9. The van der Waals surface area contributed by atoms with Crippen molar-refractivity contribution in [2.45, 2.75) is 71.3 Å². The highest BCUT2D eigenvalue weighted by Crippen LogP contribution is 2.32. The Morgan fingerprint density at radius 3 is 2.52 bits per heavy atom. The summed E-state index contributed by atoms with van der Waals surface area (Å²) in [5, 5.41) is 22.2. The monoisotopic (exact) mass is 458 g/mol. The third-order valence-corrected chi connectivity index (χ3v) is 5.80. The van der Waals surface area contributed by atoms with Crippen LogP contribution in [-0.2, 0) is 21.4 Å². The molecule has 0 radical (unpaired) electrons. The van der Waals surface area contributed by atoms with Crippen LogP contribution in [0.2, 0.25) is 0 Å². The number of nitrogens with zero attached hydrogens (tertiary/aromatic N) is 2. The van der Waals surface area contributed by atoms with Gasteiger partial charge in [-0.1, -0.05) is 31.9 Å². The third-order valence-electron chi connectivity index (χ3n) is 5.80. The number of methoxy groups -OCH3 is 1. The summed E-state index contributed by atoms with van der Waals surface area (Å²) < 4.78 is 5.52. The lowest BCUT2D eigenvalue weighted by atomic mass is 9.83. The minimum Gasteiger partial charge on any atom is -0.496 e. The van der Waals surface area contributed by atoms with Crippen molar-refractivity contribution in [3.05, 3.63) is 40.6 Å². The fourth-order valence-electron chi connectivity index (χ4n) is 3.65. The van der Waals surface area contributed by atoms with Crippen molar-refractivity contribution in [3.63, 3.8) is 0 Å². The molecule has 0 amide bonds. The van der Waals surface area contributed by atoms with Crippen LogP contribution in [0.25, 0.3) is 0 Å². The zero-order chi connectivity index (χ0) is 24.8. The van der Waals surface area contributed by atoms with Gasteiger partial charge in [-0.3, -0.25) is 9.59 Å². The van der Waals surface area contributed by atoms with Crippen molar-refractivity contribution < 1.29 is 24.5 Å². The SMILES string of the molecule is CCCC[C@@H](CC(=O)O)Nc1nc(N)nc(C)c1Cc1cc(C(C)(C)C(=O)O)ccc1OC. The average Bonchev–Trinajstić information content (AvgIpc) is 2.73. The number of nitrogen functional groups attached to an aromatic ring is 1. The molecule has 0 aliphatic rings. The van der Waals surface area contributed by atoms with Crippen LogP contribution in [0.5, 0.6) is 5.75 Å². The second kappa shape index (κ2) is 11.0. The summed E-state index contributed by atoms with van der Waals surface area (Å²) >= 11 is 0. The molecule has 1 heterocycles. The van der Waals surface area contributed by atoms with Gasteiger partial charge in [0.05, 0.1) is 18.9 Å². The predicted molar refractivity (Wildman–Crippen MR) is 127 cm³/mol. The molecule has 33 heavy (non-hydrogen) atoms. The van der Waals surface area contributed by atoms with Gasteiger partial charge < -0.3 is 26.0 Å². The molecule has 0 fully saturated rings. The Hall–Kier alpha value is -3.36. The number of aryl methyl sites for hydroxylation is 1. The van der Waals surface area contributed by atoms with Gasteiger partial charge in [0.25, 0.3) is 0 Å². The highest BCUT2D eigenvalue weighted by atomic mass is 16.5. The first-order valence-corrected chi connectivity index (χ1v) is 11.0. The van der Waals surface area contributed by atoms with Crippen molar-refractivity contribution in [3.8, 4) is 5.75 Å². The van der Waals surface area contributed by atoms with E-state index in [1.165, 1.54) is 0 Å². The van der Waals surface area contributed by atoms with Gasteiger partial charge in [-0.05, 0) is 44.4 Å². The van der Waals surface area contributed by atoms with E-state index < -0.39 is 17.4 Å². The average molecular weight is 459 g/mol. The van der Waals surface area contributed by atoms with E-state index in [4.69, 9.17) is 10.5 Å². The molecule has 9 heteroatoms. The molecule has 2 aromatic rings. The highest BCUT2D eigenvalue weighted by molar-refractivity contribution is 5.80. The molecule has 0 saturated heterocycles. The number of aromatic nitrogens is 2. The molecule has 1 atom stereocenters. The third kappa shape index (κ3) is 6.57. The number of carboxylic acid groups (broad SMARTS) is 2. The number of rotatable bonds is 12. The Kier molecular flexibility index (Phi) is 8.62. The number of unbranched alkanes of at least 4 members (excludes halogenated alkanes) is 1. The predicted octanol–water partition coefficient (Wildman–Crippen LogP) is 3.77. The topological polar surface area (TPSA) is 148 Å². The molecule has 2 rings (SSSR count). The van der Waals surface area contributed by atoms with E-state index >= 15 is 0 Å². The number of nitrogens with two attached hydrogens (primary N) is 1. The quantitative estimate of drug-likeness (QED) is 0.373. The first kappa shape index (κ1) is 25.9. The van der Waals surface area contributed by atoms with Crippen LogP contribution in [0.15, 0.2) is 18.2 Å². The Balaban J connectivity index is 2.51. The summed E-state index contributed by atoms with van der Waals surface area (Å²) in [6.45, 7) is 7.16. The second-order valence-corrected chi connectivity index (χ2v) is 8.71. The molecule has 5 N–H and O–H groups in total. The van der Waals surface area contributed by atoms with E-state index in [0.29, 0.717) is 35.7 Å². The number of hydrogen-bond donors (Lipinski definition) is 4. The number of carbonyl (C=O) groups is 2. The van der Waals surface area contributed by atoms with E-state index in [9.17, 15) is 19.8 Å². The second-order valence-electron chi connectivity index (χ2n) is 8.71. The van der Waals surface area contributed by atoms with Crippen LogP contribution < -0.4 is 15.8 Å². The smallest absolute Gasteiger partial charge is 0.313 e. The summed E-state index contributed by atoms with van der Waals surface area (Å²) in [7, 11) is 1.56. The number of nitrogens with one attached hydrogen (secondary N) is 1. The maximum absolute atomic E-state index is 11.8. The van der Waals surface area contributed by atoms with Gasteiger partial charge in [0, 0.05) is 23.7 Å². The standard InChI is InChI=1S/C24H34N4O5/c1-6-7-8-17(13-20(29)30)27-21-18(14(2)26-23(25)28-21)12-15-11-16(9-10-19(15)33-5)24(3,4)22(31)32/h9-11,17H,6-8,12-13H2,1-5H3,(H,29,30)(H,31,32)(H3,25,26,27,28)/t17-/m0/s1. The molecular weight excluding hydrogens is 424 g/mol. The van der Waals surface area contributed by atoms with Gasteiger partial charge in [0.2, 0.25) is 5.95 Å². The molecule has 0 unspecified atom stereocenters. The van der Waals surface area contributed by atoms with Gasteiger partial charge in [-0.2, -0.15) is 4.98 Å². The van der Waals surface area contributed by atoms with Crippen LogP contribution in [0, 0.1) is 6.92 Å². The van der Waals surface area contributed by atoms with Crippen LogP contribution in [0.4, 0.5) is 11.8 Å². The summed E-state index contributed by atoms with van der Waals surface area (Å²) in [5.74, 6) is -0.645. The summed E-state index contributed by atoms with van der Waals surface area (Å²) in [6, 6.07) is 5.01. The normalized spacial score (nSPS) is 12.3. The molecule has 0 bridgehead atoms. The fourth-order valence-corrected chi connectivity index (χ4v) is 3.65. The molecule has 0 aliphatic carbocycles. The van der Waals surface area contributed by atoms with E-state index in [1.54, 1.807) is 33.1 Å². The van der Waals surface area contributed by atoms with Gasteiger partial charge in [-0.15, -0.1) is 0 Å². The van der Waals surface area contributed by atoms with Crippen LogP contribution in [0.3, 0.4) is 0 Å². The molecule has 1 aromatic heterocycles.